The number of nitrogens with zero attached hydrogens (tertiary/aromatic N) is 3. The Kier molecular flexibility index (Phi) is 5.44. The molecule has 3 rings (SSSR count). The van der Waals surface area contributed by atoms with Crippen LogP contribution in [0.4, 0.5) is 18.9 Å². The molecule has 0 radical (unpaired) electrons. The van der Waals surface area contributed by atoms with E-state index in [1.807, 2.05) is 0 Å². The topological polar surface area (TPSA) is 80.0 Å². The van der Waals surface area contributed by atoms with Crippen molar-refractivity contribution in [1.29, 1.82) is 0 Å². The number of carboxylic acids is 1. The fraction of sp³-hybridized carbons (Fsp3) is 0.421. The molecule has 0 amide bonds. The fourth-order valence-electron chi connectivity index (χ4n) is 2.86. The standard InChI is InChI=1S/C19H21F3N4O2/c1-11(2)16(18(27)28)9-26-10-23-17(25-26)12-6-13(19(20,21)22)8-15(7-12)24-14-4-3-5-14/h6-11,14,24H,3-5H2,1-2H3,(H,27,28)/b16-9-. The van der Waals surface area contributed by atoms with Crippen LogP contribution in [0.15, 0.2) is 30.1 Å². The minimum Gasteiger partial charge on any atom is -0.478 e. The number of aliphatic carboxylic acids is 1. The molecular weight excluding hydrogens is 373 g/mol. The summed E-state index contributed by atoms with van der Waals surface area (Å²) < 4.78 is 41.1. The second-order valence-electron chi connectivity index (χ2n) is 7.16. The molecule has 150 valence electrons. The average Bonchev–Trinajstić information content (AvgIpc) is 3.03. The Bertz CT molecular complexity index is 899. The van der Waals surface area contributed by atoms with Crippen molar-refractivity contribution in [3.8, 4) is 11.4 Å². The van der Waals surface area contributed by atoms with Crippen LogP contribution >= 0.6 is 0 Å². The summed E-state index contributed by atoms with van der Waals surface area (Å²) in [4.78, 5) is 15.4. The van der Waals surface area contributed by atoms with E-state index >= 15 is 0 Å². The maximum atomic E-state index is 13.3. The molecule has 28 heavy (non-hydrogen) atoms. The van der Waals surface area contributed by atoms with Gasteiger partial charge < -0.3 is 10.4 Å². The van der Waals surface area contributed by atoms with E-state index in [9.17, 15) is 23.1 Å². The van der Waals surface area contributed by atoms with Gasteiger partial charge in [0.15, 0.2) is 5.82 Å². The van der Waals surface area contributed by atoms with Gasteiger partial charge >= 0.3 is 12.1 Å². The third-order valence-corrected chi connectivity index (χ3v) is 4.64. The molecule has 2 N–H and O–H groups in total. The summed E-state index contributed by atoms with van der Waals surface area (Å²) in [7, 11) is 0. The van der Waals surface area contributed by atoms with Crippen molar-refractivity contribution >= 4 is 17.9 Å². The maximum absolute atomic E-state index is 13.3. The number of halogens is 3. The summed E-state index contributed by atoms with van der Waals surface area (Å²) in [6, 6.07) is 3.84. The molecule has 1 aromatic carbocycles. The van der Waals surface area contributed by atoms with Gasteiger partial charge in [-0.1, -0.05) is 13.8 Å². The van der Waals surface area contributed by atoms with Crippen LogP contribution in [0.25, 0.3) is 17.6 Å². The molecule has 0 atom stereocenters. The molecule has 0 spiro atoms. The van der Waals surface area contributed by atoms with Gasteiger partial charge in [0.05, 0.1) is 11.1 Å². The van der Waals surface area contributed by atoms with Gasteiger partial charge in [0.1, 0.15) is 6.33 Å². The highest BCUT2D eigenvalue weighted by Crippen LogP contribution is 2.35. The lowest BCUT2D eigenvalue weighted by atomic mass is 9.92. The number of hydrogen-bond acceptors (Lipinski definition) is 4. The number of rotatable bonds is 6. The minimum absolute atomic E-state index is 0.0903. The molecule has 1 saturated carbocycles. The van der Waals surface area contributed by atoms with E-state index in [0.29, 0.717) is 5.69 Å². The van der Waals surface area contributed by atoms with Crippen LogP contribution in [-0.4, -0.2) is 31.9 Å². The van der Waals surface area contributed by atoms with Crippen LogP contribution in [0.3, 0.4) is 0 Å². The van der Waals surface area contributed by atoms with Crippen molar-refractivity contribution in [2.45, 2.75) is 45.3 Å². The van der Waals surface area contributed by atoms with Gasteiger partial charge in [0.2, 0.25) is 0 Å². The lowest BCUT2D eigenvalue weighted by Gasteiger charge is -2.28. The molecule has 0 bridgehead atoms. The molecule has 1 aliphatic rings. The lowest BCUT2D eigenvalue weighted by molar-refractivity contribution is -0.137. The predicted octanol–water partition coefficient (Wildman–Crippen LogP) is 4.51. The van der Waals surface area contributed by atoms with Crippen LogP contribution in [-0.2, 0) is 11.0 Å². The quantitative estimate of drug-likeness (QED) is 0.705. The van der Waals surface area contributed by atoms with Gasteiger partial charge in [-0.3, -0.25) is 0 Å². The number of benzene rings is 1. The number of aromatic nitrogens is 3. The lowest BCUT2D eigenvalue weighted by Crippen LogP contribution is -2.27. The molecule has 0 saturated heterocycles. The Labute approximate surface area is 160 Å². The molecular formula is C19H21F3N4O2. The highest BCUT2D eigenvalue weighted by atomic mass is 19.4. The maximum Gasteiger partial charge on any atom is 0.416 e. The van der Waals surface area contributed by atoms with E-state index in [2.05, 4.69) is 15.4 Å². The zero-order valence-corrected chi connectivity index (χ0v) is 15.5. The van der Waals surface area contributed by atoms with Crippen LogP contribution in [0.1, 0.15) is 38.7 Å². The van der Waals surface area contributed by atoms with E-state index in [1.54, 1.807) is 19.9 Å². The highest BCUT2D eigenvalue weighted by molar-refractivity contribution is 5.90. The first-order valence-corrected chi connectivity index (χ1v) is 8.99. The van der Waals surface area contributed by atoms with Gasteiger partial charge in [-0.25, -0.2) is 14.5 Å². The van der Waals surface area contributed by atoms with Gasteiger partial charge in [-0.2, -0.15) is 13.2 Å². The molecule has 9 heteroatoms. The summed E-state index contributed by atoms with van der Waals surface area (Å²) in [5.41, 5.74) is -0.0833. The van der Waals surface area contributed by atoms with Gasteiger partial charge in [0.25, 0.3) is 0 Å². The largest absolute Gasteiger partial charge is 0.478 e. The summed E-state index contributed by atoms with van der Waals surface area (Å²) in [5.74, 6) is -1.25. The third-order valence-electron chi connectivity index (χ3n) is 4.64. The fourth-order valence-corrected chi connectivity index (χ4v) is 2.86. The monoisotopic (exact) mass is 394 g/mol. The molecule has 6 nitrogen and oxygen atoms in total. The predicted molar refractivity (Wildman–Crippen MR) is 98.5 cm³/mol. The number of hydrogen-bond donors (Lipinski definition) is 2. The molecule has 2 aromatic rings. The number of alkyl halides is 3. The van der Waals surface area contributed by atoms with Gasteiger partial charge in [0, 0.05) is 23.5 Å². The number of carbonyl (C=O) groups is 1. The molecule has 1 aromatic heterocycles. The first-order chi connectivity index (χ1) is 13.1. The first-order valence-electron chi connectivity index (χ1n) is 8.99. The van der Waals surface area contributed by atoms with E-state index in [0.717, 1.165) is 31.4 Å². The SMILES string of the molecule is CC(C)/C(=C/n1cnc(-c2cc(NC3CCC3)cc(C(F)(F)F)c2)n1)C(=O)O. The molecule has 0 aliphatic heterocycles. The number of anilines is 1. The zero-order valence-electron chi connectivity index (χ0n) is 15.5. The molecule has 1 heterocycles. The molecule has 1 fully saturated rings. The summed E-state index contributed by atoms with van der Waals surface area (Å²) in [6.07, 6.45) is 1.00. The Hall–Kier alpha value is -2.84. The Morgan fingerprint density at radius 2 is 2.04 bits per heavy atom. The normalized spacial score (nSPS) is 15.6. The smallest absolute Gasteiger partial charge is 0.416 e. The Morgan fingerprint density at radius 3 is 2.57 bits per heavy atom. The Morgan fingerprint density at radius 1 is 1.32 bits per heavy atom. The highest BCUT2D eigenvalue weighted by Gasteiger charge is 2.32. The average molecular weight is 394 g/mol. The summed E-state index contributed by atoms with van der Waals surface area (Å²) in [6.45, 7) is 3.45. The van der Waals surface area contributed by atoms with Crippen molar-refractivity contribution in [1.82, 2.24) is 14.8 Å². The van der Waals surface area contributed by atoms with Gasteiger partial charge in [-0.15, -0.1) is 5.10 Å². The second-order valence-corrected chi connectivity index (χ2v) is 7.16. The van der Waals surface area contributed by atoms with E-state index in [1.165, 1.54) is 17.2 Å². The number of carboxylic acid groups (broad SMARTS) is 1. The van der Waals surface area contributed by atoms with E-state index < -0.39 is 17.7 Å². The second kappa shape index (κ2) is 7.65. The van der Waals surface area contributed by atoms with Crippen molar-refractivity contribution in [2.75, 3.05) is 5.32 Å². The zero-order chi connectivity index (χ0) is 20.5. The first kappa shape index (κ1) is 19.9. The molecule has 0 unspecified atom stereocenters. The Balaban J connectivity index is 1.96. The van der Waals surface area contributed by atoms with Crippen LogP contribution in [0, 0.1) is 5.92 Å². The van der Waals surface area contributed by atoms with E-state index in [4.69, 9.17) is 0 Å². The van der Waals surface area contributed by atoms with Crippen LogP contribution in [0.5, 0.6) is 0 Å². The minimum atomic E-state index is -4.50. The van der Waals surface area contributed by atoms with Crippen molar-refractivity contribution in [3.63, 3.8) is 0 Å². The van der Waals surface area contributed by atoms with Crippen LogP contribution in [0.2, 0.25) is 0 Å². The van der Waals surface area contributed by atoms with Crippen molar-refractivity contribution in [2.24, 2.45) is 5.92 Å². The summed E-state index contributed by atoms with van der Waals surface area (Å²) >= 11 is 0. The number of nitrogens with one attached hydrogen (secondary N) is 1. The summed E-state index contributed by atoms with van der Waals surface area (Å²) in [5, 5.41) is 16.5. The van der Waals surface area contributed by atoms with E-state index in [-0.39, 0.29) is 28.9 Å². The third kappa shape index (κ3) is 4.52. The molecule has 1 aliphatic carbocycles. The van der Waals surface area contributed by atoms with Crippen molar-refractivity contribution < 1.29 is 23.1 Å². The van der Waals surface area contributed by atoms with Gasteiger partial charge in [-0.05, 0) is 43.4 Å². The van der Waals surface area contributed by atoms with Crippen molar-refractivity contribution in [3.05, 3.63) is 35.7 Å². The van der Waals surface area contributed by atoms with Crippen LogP contribution < -0.4 is 5.32 Å².